The number of hydrogen-bond donors (Lipinski definition) is 2. The summed E-state index contributed by atoms with van der Waals surface area (Å²) in [4.78, 5) is 24.5. The molecule has 0 aliphatic heterocycles. The Balaban J connectivity index is 1.54. The molecule has 3 aromatic rings. The molecule has 1 heterocycles. The van der Waals surface area contributed by atoms with Gasteiger partial charge in [-0.15, -0.1) is 10.2 Å². The van der Waals surface area contributed by atoms with E-state index < -0.39 is 0 Å². The van der Waals surface area contributed by atoms with Crippen LogP contribution in [0.3, 0.4) is 0 Å². The van der Waals surface area contributed by atoms with Crippen LogP contribution in [0.15, 0.2) is 46.8 Å². The standard InChI is InChI=1S/C19H17ClN4O4S2/c1-27-14-8-3-11(9-15(14)28-2)17(26)22-18-23-24-19(30-18)29-10-16(25)21-13-6-4-12(20)5-7-13/h3-9H,10H2,1-2H3,(H,21,25)(H,22,23,26). The van der Waals surface area contributed by atoms with Crippen molar-refractivity contribution in [1.29, 1.82) is 0 Å². The highest BCUT2D eigenvalue weighted by molar-refractivity contribution is 8.01. The zero-order valence-corrected chi connectivity index (χ0v) is 18.4. The van der Waals surface area contributed by atoms with Gasteiger partial charge in [-0.05, 0) is 42.5 Å². The van der Waals surface area contributed by atoms with Crippen molar-refractivity contribution in [2.75, 3.05) is 30.6 Å². The first kappa shape index (κ1) is 21.9. The lowest BCUT2D eigenvalue weighted by Gasteiger charge is -2.08. The number of nitrogens with one attached hydrogen (secondary N) is 2. The van der Waals surface area contributed by atoms with E-state index >= 15 is 0 Å². The summed E-state index contributed by atoms with van der Waals surface area (Å²) in [6.45, 7) is 0. The van der Waals surface area contributed by atoms with Crippen LogP contribution < -0.4 is 20.1 Å². The predicted molar refractivity (Wildman–Crippen MR) is 118 cm³/mol. The van der Waals surface area contributed by atoms with Crippen LogP contribution in [-0.2, 0) is 4.79 Å². The summed E-state index contributed by atoms with van der Waals surface area (Å²) in [5, 5.41) is 14.3. The number of benzene rings is 2. The number of carbonyl (C=O) groups is 2. The van der Waals surface area contributed by atoms with Crippen molar-refractivity contribution in [3.63, 3.8) is 0 Å². The topological polar surface area (TPSA) is 102 Å². The van der Waals surface area contributed by atoms with E-state index in [9.17, 15) is 9.59 Å². The molecule has 0 aliphatic rings. The van der Waals surface area contributed by atoms with E-state index in [1.54, 1.807) is 42.5 Å². The Bertz CT molecular complexity index is 1040. The highest BCUT2D eigenvalue weighted by Gasteiger charge is 2.14. The van der Waals surface area contributed by atoms with Gasteiger partial charge in [0.15, 0.2) is 15.8 Å². The van der Waals surface area contributed by atoms with Crippen LogP contribution in [0.4, 0.5) is 10.8 Å². The molecule has 0 atom stereocenters. The average Bonchev–Trinajstić information content (AvgIpc) is 3.20. The van der Waals surface area contributed by atoms with Crippen molar-refractivity contribution < 1.29 is 19.1 Å². The van der Waals surface area contributed by atoms with Gasteiger partial charge >= 0.3 is 0 Å². The number of aromatic nitrogens is 2. The fraction of sp³-hybridized carbons (Fsp3) is 0.158. The fourth-order valence-electron chi connectivity index (χ4n) is 2.32. The predicted octanol–water partition coefficient (Wildman–Crippen LogP) is 4.19. The van der Waals surface area contributed by atoms with Gasteiger partial charge in [-0.2, -0.15) is 0 Å². The molecule has 0 bridgehead atoms. The van der Waals surface area contributed by atoms with Crippen molar-refractivity contribution in [1.82, 2.24) is 10.2 Å². The Morgan fingerprint density at radius 3 is 2.47 bits per heavy atom. The largest absolute Gasteiger partial charge is 0.493 e. The lowest BCUT2D eigenvalue weighted by Crippen LogP contribution is -2.13. The number of thioether (sulfide) groups is 1. The summed E-state index contributed by atoms with van der Waals surface area (Å²) in [5.74, 6) is 0.587. The van der Waals surface area contributed by atoms with Crippen LogP contribution in [0, 0.1) is 0 Å². The lowest BCUT2D eigenvalue weighted by atomic mass is 10.2. The molecule has 30 heavy (non-hydrogen) atoms. The van der Waals surface area contributed by atoms with E-state index in [0.29, 0.717) is 37.2 Å². The van der Waals surface area contributed by atoms with E-state index in [2.05, 4.69) is 20.8 Å². The molecule has 0 spiro atoms. The first-order valence-electron chi connectivity index (χ1n) is 8.53. The molecule has 11 heteroatoms. The Labute approximate surface area is 185 Å². The summed E-state index contributed by atoms with van der Waals surface area (Å²) in [7, 11) is 3.02. The van der Waals surface area contributed by atoms with Crippen LogP contribution in [-0.4, -0.2) is 42.0 Å². The van der Waals surface area contributed by atoms with Crippen molar-refractivity contribution in [2.45, 2.75) is 4.34 Å². The summed E-state index contributed by atoms with van der Waals surface area (Å²) < 4.78 is 10.9. The molecule has 0 unspecified atom stereocenters. The minimum atomic E-state index is -0.357. The molecule has 0 saturated carbocycles. The van der Waals surface area contributed by atoms with Gasteiger partial charge in [-0.25, -0.2) is 0 Å². The number of carbonyl (C=O) groups excluding carboxylic acids is 2. The van der Waals surface area contributed by atoms with Crippen molar-refractivity contribution in [2.24, 2.45) is 0 Å². The highest BCUT2D eigenvalue weighted by Crippen LogP contribution is 2.29. The first-order valence-corrected chi connectivity index (χ1v) is 10.7. The Kier molecular flexibility index (Phi) is 7.50. The van der Waals surface area contributed by atoms with Gasteiger partial charge in [-0.3, -0.25) is 14.9 Å². The van der Waals surface area contributed by atoms with Crippen LogP contribution in [0.1, 0.15) is 10.4 Å². The summed E-state index contributed by atoms with van der Waals surface area (Å²) >= 11 is 8.23. The van der Waals surface area contributed by atoms with Gasteiger partial charge in [0.25, 0.3) is 5.91 Å². The van der Waals surface area contributed by atoms with Gasteiger partial charge < -0.3 is 14.8 Å². The number of rotatable bonds is 8. The maximum Gasteiger partial charge on any atom is 0.257 e. The smallest absolute Gasteiger partial charge is 0.257 e. The average molecular weight is 465 g/mol. The number of hydrogen-bond acceptors (Lipinski definition) is 8. The van der Waals surface area contributed by atoms with Crippen molar-refractivity contribution in [3.05, 3.63) is 53.1 Å². The van der Waals surface area contributed by atoms with Crippen LogP contribution >= 0.6 is 34.7 Å². The molecule has 0 saturated heterocycles. The number of ether oxygens (including phenoxy) is 2. The number of nitrogens with zero attached hydrogens (tertiary/aromatic N) is 2. The number of halogens is 1. The second kappa shape index (κ2) is 10.3. The monoisotopic (exact) mass is 464 g/mol. The highest BCUT2D eigenvalue weighted by atomic mass is 35.5. The molecule has 0 fully saturated rings. The van der Waals surface area contributed by atoms with Crippen molar-refractivity contribution >= 4 is 57.3 Å². The molecule has 1 aromatic heterocycles. The molecule has 2 amide bonds. The summed E-state index contributed by atoms with van der Waals surface area (Å²) in [6, 6.07) is 11.7. The maximum absolute atomic E-state index is 12.4. The van der Waals surface area contributed by atoms with E-state index in [0.717, 1.165) is 0 Å². The third-order valence-corrected chi connectivity index (χ3v) is 5.95. The quantitative estimate of drug-likeness (QED) is 0.380. The second-order valence-corrected chi connectivity index (χ2v) is 8.38. The Hall–Kier alpha value is -2.82. The maximum atomic E-state index is 12.4. The molecule has 8 nitrogen and oxygen atoms in total. The number of methoxy groups -OCH3 is 2. The number of anilines is 2. The van der Waals surface area contributed by atoms with Crippen molar-refractivity contribution in [3.8, 4) is 11.5 Å². The van der Waals surface area contributed by atoms with Crippen LogP contribution in [0.2, 0.25) is 5.02 Å². The lowest BCUT2D eigenvalue weighted by molar-refractivity contribution is -0.113. The van der Waals surface area contributed by atoms with Gasteiger partial charge in [0.1, 0.15) is 0 Å². The van der Waals surface area contributed by atoms with E-state index in [-0.39, 0.29) is 17.6 Å². The molecule has 2 N–H and O–H groups in total. The molecular formula is C19H17ClN4O4S2. The van der Waals surface area contributed by atoms with Gasteiger partial charge in [-0.1, -0.05) is 34.7 Å². The summed E-state index contributed by atoms with van der Waals surface area (Å²) in [5.41, 5.74) is 1.05. The van der Waals surface area contributed by atoms with Gasteiger partial charge in [0.2, 0.25) is 11.0 Å². The SMILES string of the molecule is COc1ccc(C(=O)Nc2nnc(SCC(=O)Nc3ccc(Cl)cc3)s2)cc1OC. The Morgan fingerprint density at radius 1 is 1.03 bits per heavy atom. The first-order chi connectivity index (χ1) is 14.5. The number of amides is 2. The zero-order chi connectivity index (χ0) is 21.5. The van der Waals surface area contributed by atoms with Crippen LogP contribution in [0.25, 0.3) is 0 Å². The molecule has 0 radical (unpaired) electrons. The summed E-state index contributed by atoms with van der Waals surface area (Å²) in [6.07, 6.45) is 0. The normalized spacial score (nSPS) is 10.4. The second-order valence-electron chi connectivity index (χ2n) is 5.74. The molecule has 3 rings (SSSR count). The van der Waals surface area contributed by atoms with Gasteiger partial charge in [0, 0.05) is 16.3 Å². The van der Waals surface area contributed by atoms with E-state index in [1.165, 1.54) is 37.3 Å². The minimum Gasteiger partial charge on any atom is -0.493 e. The van der Waals surface area contributed by atoms with E-state index in [4.69, 9.17) is 21.1 Å². The zero-order valence-electron chi connectivity index (χ0n) is 16.0. The fourth-order valence-corrected chi connectivity index (χ4v) is 4.00. The minimum absolute atomic E-state index is 0.154. The molecule has 2 aromatic carbocycles. The van der Waals surface area contributed by atoms with Crippen LogP contribution in [0.5, 0.6) is 11.5 Å². The van der Waals surface area contributed by atoms with Gasteiger partial charge in [0.05, 0.1) is 20.0 Å². The third kappa shape index (κ3) is 5.85. The molecular weight excluding hydrogens is 448 g/mol. The third-order valence-electron chi connectivity index (χ3n) is 3.73. The molecule has 156 valence electrons. The van der Waals surface area contributed by atoms with E-state index in [1.807, 2.05) is 0 Å². The molecule has 0 aliphatic carbocycles. The Morgan fingerprint density at radius 2 is 1.77 bits per heavy atom.